The van der Waals surface area contributed by atoms with Crippen molar-refractivity contribution in [3.63, 3.8) is 0 Å². The molecule has 0 aliphatic heterocycles. The van der Waals surface area contributed by atoms with E-state index in [-0.39, 0.29) is 11.8 Å². The quantitative estimate of drug-likeness (QED) is 0.283. The lowest BCUT2D eigenvalue weighted by atomic mass is 10.0. The number of benzene rings is 1. The number of carbonyl (C=O) groups excluding carboxylic acids is 1. The van der Waals surface area contributed by atoms with Crippen LogP contribution in [0.15, 0.2) is 23.4 Å². The molecular weight excluding hydrogens is 253 g/mol. The Morgan fingerprint density at radius 3 is 2.58 bits per heavy atom. The lowest BCUT2D eigenvalue weighted by Gasteiger charge is -2.21. The Balaban J connectivity index is 3.01. The molecule has 0 bridgehead atoms. The van der Waals surface area contributed by atoms with E-state index in [1.807, 2.05) is 0 Å². The Morgan fingerprint density at radius 1 is 1.47 bits per heavy atom. The second-order valence-electron chi connectivity index (χ2n) is 4.35. The van der Waals surface area contributed by atoms with Gasteiger partial charge in [0.15, 0.2) is 5.84 Å². The molecule has 0 fully saturated rings. The van der Waals surface area contributed by atoms with E-state index in [0.29, 0.717) is 0 Å². The minimum absolute atomic E-state index is 0.172. The average molecular weight is 269 g/mol. The van der Waals surface area contributed by atoms with Crippen molar-refractivity contribution in [2.75, 3.05) is 0 Å². The highest BCUT2D eigenvalue weighted by Crippen LogP contribution is 2.20. The van der Waals surface area contributed by atoms with Crippen LogP contribution < -0.4 is 11.1 Å². The lowest BCUT2D eigenvalue weighted by molar-refractivity contribution is 0.0932. The van der Waals surface area contributed by atoms with Gasteiger partial charge in [0.25, 0.3) is 5.91 Å². The van der Waals surface area contributed by atoms with Gasteiger partial charge in [-0.25, -0.2) is 4.39 Å². The Hall–Kier alpha value is -2.31. The molecular formula is C12H16FN3O3. The van der Waals surface area contributed by atoms with Gasteiger partial charge in [-0.3, -0.25) is 4.79 Å². The Bertz CT molecular complexity index is 483. The molecule has 1 atom stereocenters. The van der Waals surface area contributed by atoms with E-state index < -0.39 is 29.1 Å². The van der Waals surface area contributed by atoms with E-state index in [2.05, 4.69) is 10.5 Å². The number of carbonyl (C=O) groups is 1. The summed E-state index contributed by atoms with van der Waals surface area (Å²) in [5, 5.41) is 23.4. The summed E-state index contributed by atoms with van der Waals surface area (Å²) in [6, 6.07) is 2.77. The monoisotopic (exact) mass is 269 g/mol. The van der Waals surface area contributed by atoms with Crippen LogP contribution in [0.1, 0.15) is 24.2 Å². The lowest BCUT2D eigenvalue weighted by Crippen LogP contribution is -2.48. The Labute approximate surface area is 109 Å². The molecule has 1 aromatic rings. The molecule has 0 aliphatic rings. The predicted molar refractivity (Wildman–Crippen MR) is 67.6 cm³/mol. The van der Waals surface area contributed by atoms with E-state index in [1.165, 1.54) is 12.1 Å². The van der Waals surface area contributed by atoms with Gasteiger partial charge in [0.05, 0.1) is 6.04 Å². The van der Waals surface area contributed by atoms with E-state index in [9.17, 15) is 14.3 Å². The largest absolute Gasteiger partial charge is 0.507 e. The van der Waals surface area contributed by atoms with Gasteiger partial charge in [-0.15, -0.1) is 0 Å². The molecule has 1 unspecified atom stereocenters. The second kappa shape index (κ2) is 6.03. The maximum absolute atomic E-state index is 13.5. The molecule has 1 aromatic carbocycles. The summed E-state index contributed by atoms with van der Waals surface area (Å²) in [5.74, 6) is -2.52. The number of nitrogens with two attached hydrogens (primary N) is 1. The van der Waals surface area contributed by atoms with Crippen LogP contribution in [0.25, 0.3) is 0 Å². The number of halogens is 1. The summed E-state index contributed by atoms with van der Waals surface area (Å²) < 4.78 is 13.5. The Kier molecular flexibility index (Phi) is 4.68. The van der Waals surface area contributed by atoms with Gasteiger partial charge in [-0.05, 0) is 18.1 Å². The number of hydrogen-bond acceptors (Lipinski definition) is 4. The summed E-state index contributed by atoms with van der Waals surface area (Å²) >= 11 is 0. The molecule has 0 aliphatic carbocycles. The van der Waals surface area contributed by atoms with Crippen molar-refractivity contribution in [2.24, 2.45) is 16.8 Å². The molecule has 0 saturated heterocycles. The van der Waals surface area contributed by atoms with Gasteiger partial charge >= 0.3 is 0 Å². The number of rotatable bonds is 4. The van der Waals surface area contributed by atoms with E-state index in [0.717, 1.165) is 6.07 Å². The molecule has 0 saturated carbocycles. The van der Waals surface area contributed by atoms with Crippen LogP contribution >= 0.6 is 0 Å². The first kappa shape index (κ1) is 14.7. The molecule has 19 heavy (non-hydrogen) atoms. The SMILES string of the molecule is CC(C)C(NC(=O)c1c(O)cccc1F)/C(N)=N/O. The molecule has 5 N–H and O–H groups in total. The third kappa shape index (κ3) is 3.34. The molecule has 0 aromatic heterocycles. The van der Waals surface area contributed by atoms with Gasteiger partial charge in [-0.1, -0.05) is 25.1 Å². The molecule has 7 heteroatoms. The molecule has 6 nitrogen and oxygen atoms in total. The zero-order chi connectivity index (χ0) is 14.6. The predicted octanol–water partition coefficient (Wildman–Crippen LogP) is 1.03. The minimum Gasteiger partial charge on any atom is -0.507 e. The van der Waals surface area contributed by atoms with Crippen molar-refractivity contribution >= 4 is 11.7 Å². The maximum Gasteiger partial charge on any atom is 0.258 e. The van der Waals surface area contributed by atoms with Crippen LogP contribution in [-0.2, 0) is 0 Å². The van der Waals surface area contributed by atoms with Crippen LogP contribution in [0.4, 0.5) is 4.39 Å². The first-order valence-corrected chi connectivity index (χ1v) is 5.64. The standard InChI is InChI=1S/C12H16FN3O3/c1-6(2)10(11(14)16-19)15-12(18)9-7(13)4-3-5-8(9)17/h3-6,10,17,19H,1-2H3,(H2,14,16)(H,15,18). The van der Waals surface area contributed by atoms with Crippen molar-refractivity contribution < 1.29 is 19.5 Å². The molecule has 0 spiro atoms. The number of nitrogens with zero attached hydrogens (tertiary/aromatic N) is 1. The fourth-order valence-corrected chi connectivity index (χ4v) is 1.60. The minimum atomic E-state index is -0.848. The zero-order valence-corrected chi connectivity index (χ0v) is 10.6. The van der Waals surface area contributed by atoms with Gasteiger partial charge in [-0.2, -0.15) is 0 Å². The van der Waals surface area contributed by atoms with Crippen LogP contribution in [0.3, 0.4) is 0 Å². The van der Waals surface area contributed by atoms with Gasteiger partial charge in [0.1, 0.15) is 17.1 Å². The van der Waals surface area contributed by atoms with Crippen molar-refractivity contribution in [3.05, 3.63) is 29.6 Å². The summed E-state index contributed by atoms with van der Waals surface area (Å²) in [6.45, 7) is 3.48. The molecule has 1 amide bonds. The number of amides is 1. The van der Waals surface area contributed by atoms with Crippen molar-refractivity contribution in [1.82, 2.24) is 5.32 Å². The highest BCUT2D eigenvalue weighted by molar-refractivity contribution is 6.00. The third-order valence-electron chi connectivity index (χ3n) is 2.61. The highest BCUT2D eigenvalue weighted by atomic mass is 19.1. The Morgan fingerprint density at radius 2 is 2.11 bits per heavy atom. The van der Waals surface area contributed by atoms with Crippen molar-refractivity contribution in [1.29, 1.82) is 0 Å². The number of nitrogens with one attached hydrogen (secondary N) is 1. The topological polar surface area (TPSA) is 108 Å². The highest BCUT2D eigenvalue weighted by Gasteiger charge is 2.24. The molecule has 104 valence electrons. The smallest absolute Gasteiger partial charge is 0.258 e. The fourth-order valence-electron chi connectivity index (χ4n) is 1.60. The number of phenols is 1. The van der Waals surface area contributed by atoms with Crippen LogP contribution in [-0.4, -0.2) is 28.1 Å². The van der Waals surface area contributed by atoms with E-state index in [1.54, 1.807) is 13.8 Å². The number of phenolic OH excluding ortho intramolecular Hbond substituents is 1. The van der Waals surface area contributed by atoms with Crippen LogP contribution in [0, 0.1) is 11.7 Å². The first-order valence-electron chi connectivity index (χ1n) is 5.64. The number of aromatic hydroxyl groups is 1. The summed E-state index contributed by atoms with van der Waals surface area (Å²) in [5.41, 5.74) is 4.98. The molecule has 0 heterocycles. The maximum atomic E-state index is 13.5. The summed E-state index contributed by atoms with van der Waals surface area (Å²) in [4.78, 5) is 11.9. The number of oxime groups is 1. The number of hydrogen-bond donors (Lipinski definition) is 4. The van der Waals surface area contributed by atoms with Crippen molar-refractivity contribution in [2.45, 2.75) is 19.9 Å². The zero-order valence-electron chi connectivity index (χ0n) is 10.6. The van der Waals surface area contributed by atoms with Gasteiger partial charge in [0.2, 0.25) is 0 Å². The average Bonchev–Trinajstić information content (AvgIpc) is 2.34. The summed E-state index contributed by atoms with van der Waals surface area (Å²) in [7, 11) is 0. The van der Waals surface area contributed by atoms with Gasteiger partial charge < -0.3 is 21.4 Å². The second-order valence-corrected chi connectivity index (χ2v) is 4.35. The fraction of sp³-hybridized carbons (Fsp3) is 0.333. The van der Waals surface area contributed by atoms with Crippen molar-refractivity contribution in [3.8, 4) is 5.75 Å². The molecule has 1 rings (SSSR count). The van der Waals surface area contributed by atoms with E-state index in [4.69, 9.17) is 10.9 Å². The number of amidine groups is 1. The van der Waals surface area contributed by atoms with Gasteiger partial charge in [0, 0.05) is 0 Å². The van der Waals surface area contributed by atoms with Crippen LogP contribution in [0.2, 0.25) is 0 Å². The normalized spacial score (nSPS) is 13.4. The van der Waals surface area contributed by atoms with Crippen LogP contribution in [0.5, 0.6) is 5.75 Å². The van der Waals surface area contributed by atoms with E-state index >= 15 is 0 Å². The first-order chi connectivity index (χ1) is 8.88. The summed E-state index contributed by atoms with van der Waals surface area (Å²) in [6.07, 6.45) is 0. The molecule has 0 radical (unpaired) electrons. The third-order valence-corrected chi connectivity index (χ3v) is 2.61.